The molecule has 0 fully saturated rings. The van der Waals surface area contributed by atoms with E-state index in [2.05, 4.69) is 5.32 Å². The lowest BCUT2D eigenvalue weighted by atomic mass is 10.1. The second-order valence-electron chi connectivity index (χ2n) is 4.38. The fraction of sp³-hybridized carbons (Fsp3) is 0.188. The zero-order chi connectivity index (χ0) is 15.2. The summed E-state index contributed by atoms with van der Waals surface area (Å²) in [7, 11) is 0. The zero-order valence-electron chi connectivity index (χ0n) is 11.6. The molecule has 0 unspecified atom stereocenters. The molecule has 2 aromatic carbocycles. The average molecular weight is 306 g/mol. The number of nitrogens with one attached hydrogen (secondary N) is 1. The van der Waals surface area contributed by atoms with Gasteiger partial charge in [-0.3, -0.25) is 4.79 Å². The summed E-state index contributed by atoms with van der Waals surface area (Å²) in [5, 5.41) is 12.6. The summed E-state index contributed by atoms with van der Waals surface area (Å²) in [6.07, 6.45) is 0. The minimum Gasteiger partial charge on any atom is -0.494 e. The number of anilines is 1. The van der Waals surface area contributed by atoms with Crippen LogP contribution in [0.1, 0.15) is 22.8 Å². The fourth-order valence-electron chi connectivity index (χ4n) is 1.91. The number of carbonyl (C=O) groups is 1. The van der Waals surface area contributed by atoms with Gasteiger partial charge in [0, 0.05) is 21.8 Å². The molecule has 2 rings (SSSR count). The molecule has 0 atom stereocenters. The van der Waals surface area contributed by atoms with Crippen LogP contribution >= 0.6 is 11.6 Å². The molecular formula is C16H16ClNO3. The van der Waals surface area contributed by atoms with Gasteiger partial charge < -0.3 is 15.2 Å². The van der Waals surface area contributed by atoms with Crippen molar-refractivity contribution in [2.24, 2.45) is 0 Å². The number of aliphatic hydroxyl groups excluding tert-OH is 1. The summed E-state index contributed by atoms with van der Waals surface area (Å²) >= 11 is 5.87. The Bertz CT molecular complexity index is 643. The number of hydrogen-bond acceptors (Lipinski definition) is 3. The first-order valence-electron chi connectivity index (χ1n) is 6.57. The Morgan fingerprint density at radius 3 is 2.76 bits per heavy atom. The number of hydrogen-bond donors (Lipinski definition) is 2. The van der Waals surface area contributed by atoms with E-state index in [4.69, 9.17) is 16.3 Å². The molecule has 0 aliphatic rings. The van der Waals surface area contributed by atoms with E-state index in [0.717, 1.165) is 0 Å². The first kappa shape index (κ1) is 15.4. The Labute approximate surface area is 128 Å². The normalized spacial score (nSPS) is 10.2. The van der Waals surface area contributed by atoms with Crippen molar-refractivity contribution in [3.05, 3.63) is 58.6 Å². The molecule has 1 amide bonds. The SMILES string of the molecule is CCOc1ccc(NC(=O)c2cccc(Cl)c2)cc1CO. The van der Waals surface area contributed by atoms with Gasteiger partial charge in [-0.05, 0) is 43.3 Å². The van der Waals surface area contributed by atoms with E-state index >= 15 is 0 Å². The van der Waals surface area contributed by atoms with E-state index in [9.17, 15) is 9.90 Å². The van der Waals surface area contributed by atoms with Gasteiger partial charge in [0.05, 0.1) is 13.2 Å². The number of aliphatic hydroxyl groups is 1. The van der Waals surface area contributed by atoms with Gasteiger partial charge in [0.15, 0.2) is 0 Å². The summed E-state index contributed by atoms with van der Waals surface area (Å²) in [5.41, 5.74) is 1.69. The highest BCUT2D eigenvalue weighted by Crippen LogP contribution is 2.23. The van der Waals surface area contributed by atoms with Crippen molar-refractivity contribution in [2.75, 3.05) is 11.9 Å². The highest BCUT2D eigenvalue weighted by Gasteiger charge is 2.09. The van der Waals surface area contributed by atoms with Crippen LogP contribution in [0.2, 0.25) is 5.02 Å². The third-order valence-corrected chi connectivity index (χ3v) is 3.11. The Morgan fingerprint density at radius 1 is 1.29 bits per heavy atom. The third-order valence-electron chi connectivity index (χ3n) is 2.88. The maximum Gasteiger partial charge on any atom is 0.255 e. The molecule has 2 N–H and O–H groups in total. The monoisotopic (exact) mass is 305 g/mol. The lowest BCUT2D eigenvalue weighted by Gasteiger charge is -2.11. The molecule has 0 spiro atoms. The molecule has 21 heavy (non-hydrogen) atoms. The smallest absolute Gasteiger partial charge is 0.255 e. The highest BCUT2D eigenvalue weighted by atomic mass is 35.5. The average Bonchev–Trinajstić information content (AvgIpc) is 2.49. The molecule has 0 aliphatic carbocycles. The van der Waals surface area contributed by atoms with Crippen LogP contribution in [-0.2, 0) is 6.61 Å². The van der Waals surface area contributed by atoms with Crippen molar-refractivity contribution in [1.82, 2.24) is 0 Å². The molecule has 0 saturated heterocycles. The predicted molar refractivity (Wildman–Crippen MR) is 82.9 cm³/mol. The molecule has 0 saturated carbocycles. The summed E-state index contributed by atoms with van der Waals surface area (Å²) in [5.74, 6) is 0.353. The Hall–Kier alpha value is -2.04. The van der Waals surface area contributed by atoms with Gasteiger partial charge in [0.25, 0.3) is 5.91 Å². The minimum absolute atomic E-state index is 0.157. The molecular weight excluding hydrogens is 290 g/mol. The van der Waals surface area contributed by atoms with Gasteiger partial charge in [-0.15, -0.1) is 0 Å². The lowest BCUT2D eigenvalue weighted by Crippen LogP contribution is -2.12. The standard InChI is InChI=1S/C16H16ClNO3/c1-2-21-15-7-6-14(9-12(15)10-19)18-16(20)11-4-3-5-13(17)8-11/h3-9,19H,2,10H2,1H3,(H,18,20). The van der Waals surface area contributed by atoms with Crippen molar-refractivity contribution in [3.63, 3.8) is 0 Å². The molecule has 0 aliphatic heterocycles. The summed E-state index contributed by atoms with van der Waals surface area (Å²) in [4.78, 5) is 12.1. The van der Waals surface area contributed by atoms with Crippen LogP contribution in [0.15, 0.2) is 42.5 Å². The third kappa shape index (κ3) is 3.97. The lowest BCUT2D eigenvalue weighted by molar-refractivity contribution is 0.102. The van der Waals surface area contributed by atoms with Crippen molar-refractivity contribution in [2.45, 2.75) is 13.5 Å². The maximum atomic E-state index is 12.1. The van der Waals surface area contributed by atoms with Crippen LogP contribution in [-0.4, -0.2) is 17.6 Å². The topological polar surface area (TPSA) is 58.6 Å². The number of ether oxygens (including phenoxy) is 1. The first-order chi connectivity index (χ1) is 10.1. The summed E-state index contributed by atoms with van der Waals surface area (Å²) in [6, 6.07) is 11.8. The molecule has 4 nitrogen and oxygen atoms in total. The van der Waals surface area contributed by atoms with E-state index in [1.54, 1.807) is 42.5 Å². The minimum atomic E-state index is -0.259. The Balaban J connectivity index is 2.17. The Kier molecular flexibility index (Phi) is 5.20. The molecule has 2 aromatic rings. The molecule has 5 heteroatoms. The van der Waals surface area contributed by atoms with Gasteiger partial charge in [0.2, 0.25) is 0 Å². The van der Waals surface area contributed by atoms with Gasteiger partial charge in [-0.1, -0.05) is 17.7 Å². The van der Waals surface area contributed by atoms with E-state index < -0.39 is 0 Å². The highest BCUT2D eigenvalue weighted by molar-refractivity contribution is 6.31. The van der Waals surface area contributed by atoms with E-state index in [-0.39, 0.29) is 12.5 Å². The van der Waals surface area contributed by atoms with Crippen LogP contribution in [0.3, 0.4) is 0 Å². The summed E-state index contributed by atoms with van der Waals surface area (Å²) < 4.78 is 5.40. The largest absolute Gasteiger partial charge is 0.494 e. The number of amides is 1. The molecule has 0 radical (unpaired) electrons. The second kappa shape index (κ2) is 7.11. The number of carbonyl (C=O) groups excluding carboxylic acids is 1. The van der Waals surface area contributed by atoms with Gasteiger partial charge in [-0.2, -0.15) is 0 Å². The summed E-state index contributed by atoms with van der Waals surface area (Å²) in [6.45, 7) is 2.23. The quantitative estimate of drug-likeness (QED) is 0.889. The van der Waals surface area contributed by atoms with E-state index in [0.29, 0.717) is 34.2 Å². The van der Waals surface area contributed by atoms with Gasteiger partial charge in [0.1, 0.15) is 5.75 Å². The van der Waals surface area contributed by atoms with E-state index in [1.165, 1.54) is 0 Å². The fourth-order valence-corrected chi connectivity index (χ4v) is 2.10. The van der Waals surface area contributed by atoms with Crippen molar-refractivity contribution < 1.29 is 14.6 Å². The van der Waals surface area contributed by atoms with Crippen molar-refractivity contribution >= 4 is 23.2 Å². The van der Waals surface area contributed by atoms with Gasteiger partial charge in [-0.25, -0.2) is 0 Å². The molecule has 0 aromatic heterocycles. The second-order valence-corrected chi connectivity index (χ2v) is 4.81. The predicted octanol–water partition coefficient (Wildman–Crippen LogP) is 3.48. The Morgan fingerprint density at radius 2 is 2.10 bits per heavy atom. The van der Waals surface area contributed by atoms with Crippen LogP contribution in [0.4, 0.5) is 5.69 Å². The maximum absolute atomic E-state index is 12.1. The molecule has 0 heterocycles. The van der Waals surface area contributed by atoms with Crippen LogP contribution < -0.4 is 10.1 Å². The number of benzene rings is 2. The zero-order valence-corrected chi connectivity index (χ0v) is 12.4. The van der Waals surface area contributed by atoms with Crippen molar-refractivity contribution in [3.8, 4) is 5.75 Å². The van der Waals surface area contributed by atoms with Crippen LogP contribution in [0.25, 0.3) is 0 Å². The van der Waals surface area contributed by atoms with Crippen LogP contribution in [0, 0.1) is 0 Å². The molecule has 110 valence electrons. The van der Waals surface area contributed by atoms with Crippen molar-refractivity contribution in [1.29, 1.82) is 0 Å². The van der Waals surface area contributed by atoms with E-state index in [1.807, 2.05) is 6.92 Å². The number of halogens is 1. The first-order valence-corrected chi connectivity index (χ1v) is 6.95. The molecule has 0 bridgehead atoms. The van der Waals surface area contributed by atoms with Crippen LogP contribution in [0.5, 0.6) is 5.75 Å². The van der Waals surface area contributed by atoms with Gasteiger partial charge >= 0.3 is 0 Å². The number of rotatable bonds is 5.